The van der Waals surface area contributed by atoms with Gasteiger partial charge in [0.1, 0.15) is 11.4 Å². The molecule has 5 heteroatoms. The van der Waals surface area contributed by atoms with Crippen molar-refractivity contribution in [2.45, 2.75) is 20.8 Å². The molecule has 2 N–H and O–H groups in total. The lowest BCUT2D eigenvalue weighted by Crippen LogP contribution is -2.07. The van der Waals surface area contributed by atoms with Crippen LogP contribution in [0.4, 0.5) is 0 Å². The lowest BCUT2D eigenvalue weighted by Gasteiger charge is -2.10. The maximum Gasteiger partial charge on any atom is 0.355 e. The van der Waals surface area contributed by atoms with E-state index >= 15 is 0 Å². The number of aryl methyl sites for hydroxylation is 2. The van der Waals surface area contributed by atoms with E-state index in [2.05, 4.69) is 9.97 Å². The third-order valence-corrected chi connectivity index (χ3v) is 4.26. The highest BCUT2D eigenvalue weighted by atomic mass is 16.5. The van der Waals surface area contributed by atoms with Gasteiger partial charge in [-0.05, 0) is 49.6 Å². The molecule has 0 aliphatic heterocycles. The van der Waals surface area contributed by atoms with E-state index < -0.39 is 0 Å². The number of benzene rings is 1. The molecule has 130 valence electrons. The predicted octanol–water partition coefficient (Wildman–Crippen LogP) is 4.48. The van der Waals surface area contributed by atoms with Gasteiger partial charge in [0.2, 0.25) is 0 Å². The highest BCUT2D eigenvalue weighted by Crippen LogP contribution is 2.38. The Balaban J connectivity index is 2.14. The van der Waals surface area contributed by atoms with E-state index in [0.717, 1.165) is 39.3 Å². The molecule has 0 saturated carbocycles. The average molecular weight is 338 g/mol. The highest BCUT2D eigenvalue weighted by molar-refractivity contribution is 5.99. The molecule has 2 heterocycles. The summed E-state index contributed by atoms with van der Waals surface area (Å²) in [7, 11) is 1.65. The molecule has 0 bridgehead atoms. The maximum absolute atomic E-state index is 12.3. The van der Waals surface area contributed by atoms with E-state index in [4.69, 9.17) is 9.47 Å². The van der Waals surface area contributed by atoms with Crippen LogP contribution in [-0.4, -0.2) is 29.7 Å². The molecule has 1 aromatic carbocycles. The van der Waals surface area contributed by atoms with Crippen molar-refractivity contribution in [2.24, 2.45) is 0 Å². The van der Waals surface area contributed by atoms with Crippen LogP contribution in [0.3, 0.4) is 0 Å². The number of nitrogens with one attached hydrogen (secondary N) is 2. The van der Waals surface area contributed by atoms with Crippen molar-refractivity contribution in [2.75, 3.05) is 13.7 Å². The monoisotopic (exact) mass is 338 g/mol. The van der Waals surface area contributed by atoms with Crippen LogP contribution in [-0.2, 0) is 4.74 Å². The van der Waals surface area contributed by atoms with Gasteiger partial charge in [-0.2, -0.15) is 0 Å². The number of H-pyrrole nitrogens is 2. The van der Waals surface area contributed by atoms with Crippen LogP contribution in [0.15, 0.2) is 36.7 Å². The van der Waals surface area contributed by atoms with Gasteiger partial charge in [-0.3, -0.25) is 0 Å². The van der Waals surface area contributed by atoms with Crippen molar-refractivity contribution in [3.8, 4) is 28.1 Å². The molecular weight excluding hydrogens is 316 g/mol. The van der Waals surface area contributed by atoms with Crippen LogP contribution in [0.25, 0.3) is 22.4 Å². The first-order valence-electron chi connectivity index (χ1n) is 8.24. The van der Waals surface area contributed by atoms with Crippen molar-refractivity contribution >= 4 is 5.97 Å². The first-order valence-corrected chi connectivity index (χ1v) is 8.24. The summed E-state index contributed by atoms with van der Waals surface area (Å²) >= 11 is 0. The van der Waals surface area contributed by atoms with E-state index in [1.807, 2.05) is 50.5 Å². The zero-order valence-corrected chi connectivity index (χ0v) is 14.9. The Labute approximate surface area is 147 Å². The van der Waals surface area contributed by atoms with Crippen molar-refractivity contribution < 1.29 is 14.3 Å². The van der Waals surface area contributed by atoms with Gasteiger partial charge in [0.05, 0.1) is 19.4 Å². The van der Waals surface area contributed by atoms with Crippen molar-refractivity contribution in [1.29, 1.82) is 0 Å². The van der Waals surface area contributed by atoms with E-state index in [-0.39, 0.29) is 5.97 Å². The van der Waals surface area contributed by atoms with E-state index in [0.29, 0.717) is 12.3 Å². The van der Waals surface area contributed by atoms with Crippen LogP contribution >= 0.6 is 0 Å². The number of aromatic nitrogens is 2. The molecule has 0 unspecified atom stereocenters. The molecule has 0 fully saturated rings. The lowest BCUT2D eigenvalue weighted by atomic mass is 9.96. The van der Waals surface area contributed by atoms with Crippen LogP contribution < -0.4 is 4.74 Å². The van der Waals surface area contributed by atoms with Gasteiger partial charge in [0, 0.05) is 23.5 Å². The third kappa shape index (κ3) is 3.05. The molecule has 0 aliphatic rings. The van der Waals surface area contributed by atoms with Gasteiger partial charge < -0.3 is 19.4 Å². The molecule has 0 aliphatic carbocycles. The molecule has 3 aromatic rings. The normalized spacial score (nSPS) is 10.7. The first kappa shape index (κ1) is 16.9. The SMILES string of the molecule is CCOC(=O)c1[nH]cc(C)c1-c1[nH]cc(C)c1-c1ccc(OC)cc1. The second-order valence-corrected chi connectivity index (χ2v) is 5.89. The van der Waals surface area contributed by atoms with Gasteiger partial charge in [-0.15, -0.1) is 0 Å². The molecule has 0 saturated heterocycles. The van der Waals surface area contributed by atoms with Crippen LogP contribution in [0.1, 0.15) is 28.5 Å². The van der Waals surface area contributed by atoms with E-state index in [1.54, 1.807) is 14.0 Å². The van der Waals surface area contributed by atoms with Gasteiger partial charge in [-0.25, -0.2) is 4.79 Å². The minimum atomic E-state index is -0.349. The van der Waals surface area contributed by atoms with Gasteiger partial charge >= 0.3 is 5.97 Å². The summed E-state index contributed by atoms with van der Waals surface area (Å²) < 4.78 is 10.4. The zero-order valence-electron chi connectivity index (χ0n) is 14.9. The Kier molecular flexibility index (Phi) is 4.65. The summed E-state index contributed by atoms with van der Waals surface area (Å²) in [5, 5.41) is 0. The van der Waals surface area contributed by atoms with Crippen LogP contribution in [0.2, 0.25) is 0 Å². The summed E-state index contributed by atoms with van der Waals surface area (Å²) in [5.41, 5.74) is 6.44. The Hall–Kier alpha value is -2.95. The fourth-order valence-electron chi connectivity index (χ4n) is 3.06. The molecule has 5 nitrogen and oxygen atoms in total. The predicted molar refractivity (Wildman–Crippen MR) is 98.0 cm³/mol. The summed E-state index contributed by atoms with van der Waals surface area (Å²) in [6.07, 6.45) is 3.78. The minimum Gasteiger partial charge on any atom is -0.497 e. The molecule has 0 atom stereocenters. The van der Waals surface area contributed by atoms with E-state index in [9.17, 15) is 4.79 Å². The van der Waals surface area contributed by atoms with Crippen LogP contribution in [0, 0.1) is 13.8 Å². The number of hydrogen-bond donors (Lipinski definition) is 2. The second kappa shape index (κ2) is 6.89. The number of carbonyl (C=O) groups excluding carboxylic acids is 1. The summed E-state index contributed by atoms with van der Waals surface area (Å²) in [5.74, 6) is 0.460. The molecule has 25 heavy (non-hydrogen) atoms. The van der Waals surface area contributed by atoms with Crippen molar-refractivity contribution in [1.82, 2.24) is 9.97 Å². The van der Waals surface area contributed by atoms with E-state index in [1.165, 1.54) is 0 Å². The maximum atomic E-state index is 12.3. The first-order chi connectivity index (χ1) is 12.1. The third-order valence-electron chi connectivity index (χ3n) is 4.26. The minimum absolute atomic E-state index is 0.339. The molecule has 0 spiro atoms. The molecule has 0 amide bonds. The number of hydrogen-bond acceptors (Lipinski definition) is 3. The Morgan fingerprint density at radius 1 is 1.00 bits per heavy atom. The lowest BCUT2D eigenvalue weighted by molar-refractivity contribution is 0.0521. The summed E-state index contributed by atoms with van der Waals surface area (Å²) in [4.78, 5) is 18.7. The van der Waals surface area contributed by atoms with Gasteiger partial charge in [-0.1, -0.05) is 12.1 Å². The Morgan fingerprint density at radius 3 is 2.28 bits per heavy atom. The molecular formula is C20H22N2O3. The quantitative estimate of drug-likeness (QED) is 0.674. The second-order valence-electron chi connectivity index (χ2n) is 5.89. The standard InChI is InChI=1S/C20H22N2O3/c1-5-25-20(23)19-17(13(3)11-22-19)18-16(12(2)10-21-18)14-6-8-15(24-4)9-7-14/h6-11,21-22H,5H2,1-4H3. The highest BCUT2D eigenvalue weighted by Gasteiger charge is 2.23. The number of methoxy groups -OCH3 is 1. The number of carbonyl (C=O) groups is 1. The van der Waals surface area contributed by atoms with Gasteiger partial charge in [0.25, 0.3) is 0 Å². The van der Waals surface area contributed by atoms with Gasteiger partial charge in [0.15, 0.2) is 0 Å². The fraction of sp³-hybridized carbons (Fsp3) is 0.250. The molecule has 0 radical (unpaired) electrons. The summed E-state index contributed by atoms with van der Waals surface area (Å²) in [6, 6.07) is 7.90. The largest absolute Gasteiger partial charge is 0.497 e. The van der Waals surface area contributed by atoms with Crippen LogP contribution in [0.5, 0.6) is 5.75 Å². The van der Waals surface area contributed by atoms with Crippen molar-refractivity contribution in [3.05, 3.63) is 53.5 Å². The number of rotatable bonds is 5. The number of ether oxygens (including phenoxy) is 2. The number of aromatic amines is 2. The Morgan fingerprint density at radius 2 is 1.64 bits per heavy atom. The zero-order chi connectivity index (χ0) is 18.0. The smallest absolute Gasteiger partial charge is 0.355 e. The average Bonchev–Trinajstić information content (AvgIpc) is 3.17. The molecule has 2 aromatic heterocycles. The Bertz CT molecular complexity index is 888. The number of esters is 1. The topological polar surface area (TPSA) is 67.1 Å². The molecule has 3 rings (SSSR count). The van der Waals surface area contributed by atoms with Crippen molar-refractivity contribution in [3.63, 3.8) is 0 Å². The summed E-state index contributed by atoms with van der Waals surface area (Å²) in [6.45, 7) is 6.16. The fourth-order valence-corrected chi connectivity index (χ4v) is 3.06.